The van der Waals surface area contributed by atoms with E-state index in [4.69, 9.17) is 0 Å². The zero-order chi connectivity index (χ0) is 19.2. The zero-order valence-electron chi connectivity index (χ0n) is 15.9. The summed E-state index contributed by atoms with van der Waals surface area (Å²) >= 11 is 0. The van der Waals surface area contributed by atoms with E-state index < -0.39 is 0 Å². The minimum Gasteiger partial charge on any atom is -0.356 e. The molecule has 0 radical (unpaired) electrons. The molecule has 1 unspecified atom stereocenters. The Morgan fingerprint density at radius 3 is 2.70 bits per heavy atom. The van der Waals surface area contributed by atoms with Gasteiger partial charge in [-0.2, -0.15) is 5.10 Å². The smallest absolute Gasteiger partial charge is 0.255 e. The molecule has 1 aliphatic rings. The highest BCUT2D eigenvalue weighted by molar-refractivity contribution is 6.04. The van der Waals surface area contributed by atoms with Crippen LogP contribution >= 0.6 is 0 Å². The molecular formula is C20H27N5O2. The van der Waals surface area contributed by atoms with Gasteiger partial charge in [-0.3, -0.25) is 19.2 Å². The van der Waals surface area contributed by atoms with Gasteiger partial charge in [0, 0.05) is 45.4 Å². The van der Waals surface area contributed by atoms with E-state index in [2.05, 4.69) is 20.6 Å². The molecule has 0 aliphatic carbocycles. The van der Waals surface area contributed by atoms with Crippen LogP contribution in [0.2, 0.25) is 0 Å². The Bertz CT molecular complexity index is 784. The predicted molar refractivity (Wildman–Crippen MR) is 104 cm³/mol. The van der Waals surface area contributed by atoms with Gasteiger partial charge >= 0.3 is 0 Å². The maximum absolute atomic E-state index is 12.3. The molecule has 1 saturated heterocycles. The van der Waals surface area contributed by atoms with Crippen LogP contribution in [-0.4, -0.2) is 46.1 Å². The van der Waals surface area contributed by atoms with Gasteiger partial charge in [-0.25, -0.2) is 0 Å². The fourth-order valence-electron chi connectivity index (χ4n) is 3.46. The average molecular weight is 369 g/mol. The van der Waals surface area contributed by atoms with Gasteiger partial charge in [-0.05, 0) is 43.0 Å². The number of carbonyl (C=O) groups excluding carboxylic acids is 2. The lowest BCUT2D eigenvalue weighted by Crippen LogP contribution is -2.40. The summed E-state index contributed by atoms with van der Waals surface area (Å²) in [5, 5.41) is 9.81. The summed E-state index contributed by atoms with van der Waals surface area (Å²) in [5.41, 5.74) is 2.50. The number of aryl methyl sites for hydroxylation is 1. The van der Waals surface area contributed by atoms with Crippen molar-refractivity contribution in [1.82, 2.24) is 20.0 Å². The second kappa shape index (κ2) is 8.81. The lowest BCUT2D eigenvalue weighted by Gasteiger charge is -2.32. The molecule has 2 aromatic rings. The molecule has 2 amide bonds. The SMILES string of the molecule is CC(=O)NCC1CCCN(Cc2ccc(C(=O)Nc3cnn(C)c3)cc2)C1. The summed E-state index contributed by atoms with van der Waals surface area (Å²) in [6, 6.07) is 7.74. The summed E-state index contributed by atoms with van der Waals surface area (Å²) < 4.78 is 1.65. The summed E-state index contributed by atoms with van der Waals surface area (Å²) in [6.45, 7) is 5.23. The van der Waals surface area contributed by atoms with Crippen LogP contribution < -0.4 is 10.6 Å². The quantitative estimate of drug-likeness (QED) is 0.816. The van der Waals surface area contributed by atoms with Gasteiger partial charge in [0.1, 0.15) is 0 Å². The zero-order valence-corrected chi connectivity index (χ0v) is 15.9. The van der Waals surface area contributed by atoms with Crippen molar-refractivity contribution in [3.8, 4) is 0 Å². The molecule has 3 rings (SSSR count). The van der Waals surface area contributed by atoms with Crippen LogP contribution in [0.25, 0.3) is 0 Å². The van der Waals surface area contributed by atoms with Crippen molar-refractivity contribution in [2.24, 2.45) is 13.0 Å². The lowest BCUT2D eigenvalue weighted by molar-refractivity contribution is -0.119. The Morgan fingerprint density at radius 2 is 2.04 bits per heavy atom. The standard InChI is InChI=1S/C20H27N5O2/c1-15(26)21-10-17-4-3-9-25(13-17)12-16-5-7-18(8-6-16)20(27)23-19-11-22-24(2)14-19/h5-8,11,14,17H,3-4,9-10,12-13H2,1-2H3,(H,21,26)(H,23,27). The molecule has 0 bridgehead atoms. The highest BCUT2D eigenvalue weighted by Crippen LogP contribution is 2.18. The Hall–Kier alpha value is -2.67. The second-order valence-corrected chi connectivity index (χ2v) is 7.23. The minimum atomic E-state index is -0.136. The van der Waals surface area contributed by atoms with Crippen LogP contribution in [0.5, 0.6) is 0 Å². The van der Waals surface area contributed by atoms with Gasteiger partial charge in [0.25, 0.3) is 5.91 Å². The number of aromatic nitrogens is 2. The van der Waals surface area contributed by atoms with E-state index in [1.54, 1.807) is 24.0 Å². The first-order valence-electron chi connectivity index (χ1n) is 9.35. The van der Waals surface area contributed by atoms with Gasteiger partial charge in [0.2, 0.25) is 5.91 Å². The second-order valence-electron chi connectivity index (χ2n) is 7.23. The number of hydrogen-bond acceptors (Lipinski definition) is 4. The molecule has 2 N–H and O–H groups in total. The number of rotatable bonds is 6. The average Bonchev–Trinajstić information content (AvgIpc) is 3.05. The Kier molecular flexibility index (Phi) is 6.24. The lowest BCUT2D eigenvalue weighted by atomic mass is 9.97. The van der Waals surface area contributed by atoms with E-state index in [0.717, 1.165) is 39.0 Å². The summed E-state index contributed by atoms with van der Waals surface area (Å²) in [4.78, 5) is 25.8. The van der Waals surface area contributed by atoms with Crippen LogP contribution in [0.4, 0.5) is 5.69 Å². The molecule has 27 heavy (non-hydrogen) atoms. The van der Waals surface area contributed by atoms with Crippen LogP contribution in [0, 0.1) is 5.92 Å². The van der Waals surface area contributed by atoms with Gasteiger partial charge in [0.05, 0.1) is 11.9 Å². The van der Waals surface area contributed by atoms with E-state index >= 15 is 0 Å². The molecule has 1 fully saturated rings. The number of hydrogen-bond donors (Lipinski definition) is 2. The maximum atomic E-state index is 12.3. The minimum absolute atomic E-state index is 0.0345. The topological polar surface area (TPSA) is 79.3 Å². The van der Waals surface area contributed by atoms with Gasteiger partial charge < -0.3 is 10.6 Å². The van der Waals surface area contributed by atoms with Crippen molar-refractivity contribution in [1.29, 1.82) is 0 Å². The number of amides is 2. The van der Waals surface area contributed by atoms with Crippen molar-refractivity contribution >= 4 is 17.5 Å². The monoisotopic (exact) mass is 369 g/mol. The Balaban J connectivity index is 1.52. The third-order valence-corrected chi connectivity index (χ3v) is 4.83. The molecule has 144 valence electrons. The fraction of sp³-hybridized carbons (Fsp3) is 0.450. The molecule has 0 saturated carbocycles. The number of piperidine rings is 1. The molecule has 1 aliphatic heterocycles. The number of carbonyl (C=O) groups is 2. The van der Waals surface area contributed by atoms with Crippen molar-refractivity contribution in [3.63, 3.8) is 0 Å². The molecule has 7 heteroatoms. The number of likely N-dealkylation sites (tertiary alicyclic amines) is 1. The van der Waals surface area contributed by atoms with E-state index in [1.807, 2.05) is 31.3 Å². The highest BCUT2D eigenvalue weighted by Gasteiger charge is 2.20. The third kappa shape index (κ3) is 5.65. The van der Waals surface area contributed by atoms with Crippen molar-refractivity contribution in [3.05, 3.63) is 47.8 Å². The molecule has 1 atom stereocenters. The fourth-order valence-corrected chi connectivity index (χ4v) is 3.46. The summed E-state index contributed by atoms with van der Waals surface area (Å²) in [6.07, 6.45) is 5.69. The molecule has 1 aromatic heterocycles. The first-order valence-corrected chi connectivity index (χ1v) is 9.35. The Labute approximate surface area is 159 Å². The number of anilines is 1. The van der Waals surface area contributed by atoms with Gasteiger partial charge in [-0.1, -0.05) is 12.1 Å². The van der Waals surface area contributed by atoms with E-state index in [-0.39, 0.29) is 11.8 Å². The van der Waals surface area contributed by atoms with Crippen molar-refractivity contribution < 1.29 is 9.59 Å². The molecule has 7 nitrogen and oxygen atoms in total. The van der Waals surface area contributed by atoms with Gasteiger partial charge in [-0.15, -0.1) is 0 Å². The first-order chi connectivity index (χ1) is 13.0. The number of nitrogens with one attached hydrogen (secondary N) is 2. The van der Waals surface area contributed by atoms with Gasteiger partial charge in [0.15, 0.2) is 0 Å². The largest absolute Gasteiger partial charge is 0.356 e. The van der Waals surface area contributed by atoms with Crippen molar-refractivity contribution in [2.45, 2.75) is 26.3 Å². The van der Waals surface area contributed by atoms with Crippen LogP contribution in [0.1, 0.15) is 35.7 Å². The van der Waals surface area contributed by atoms with Crippen molar-refractivity contribution in [2.75, 3.05) is 25.0 Å². The van der Waals surface area contributed by atoms with E-state index in [1.165, 1.54) is 5.56 Å². The third-order valence-electron chi connectivity index (χ3n) is 4.83. The molecule has 1 aromatic carbocycles. The normalized spacial score (nSPS) is 17.5. The maximum Gasteiger partial charge on any atom is 0.255 e. The molecule has 2 heterocycles. The molecular weight excluding hydrogens is 342 g/mol. The van der Waals surface area contributed by atoms with E-state index in [9.17, 15) is 9.59 Å². The number of nitrogens with zero attached hydrogens (tertiary/aromatic N) is 3. The van der Waals surface area contributed by atoms with Crippen LogP contribution in [0.3, 0.4) is 0 Å². The predicted octanol–water partition coefficient (Wildman–Crippen LogP) is 2.02. The first kappa shape index (κ1) is 19.1. The van der Waals surface area contributed by atoms with Crippen LogP contribution in [0.15, 0.2) is 36.7 Å². The Morgan fingerprint density at radius 1 is 1.26 bits per heavy atom. The summed E-state index contributed by atoms with van der Waals surface area (Å²) in [7, 11) is 1.81. The van der Waals surface area contributed by atoms with Crippen LogP contribution in [-0.2, 0) is 18.4 Å². The van der Waals surface area contributed by atoms with E-state index in [0.29, 0.717) is 17.2 Å². The molecule has 0 spiro atoms. The summed E-state index contributed by atoms with van der Waals surface area (Å²) in [5.74, 6) is 0.405. The number of benzene rings is 1. The highest BCUT2D eigenvalue weighted by atomic mass is 16.2.